The lowest BCUT2D eigenvalue weighted by molar-refractivity contribution is -0.120. The van der Waals surface area contributed by atoms with Crippen molar-refractivity contribution in [1.29, 1.82) is 0 Å². The van der Waals surface area contributed by atoms with Gasteiger partial charge in [0.05, 0.1) is 17.8 Å². The van der Waals surface area contributed by atoms with Crippen molar-refractivity contribution in [2.24, 2.45) is 0 Å². The van der Waals surface area contributed by atoms with Gasteiger partial charge in [0.2, 0.25) is 0 Å². The molecule has 12 heteroatoms. The minimum absolute atomic E-state index is 0.0141. The molecule has 0 aliphatic carbocycles. The van der Waals surface area contributed by atoms with Gasteiger partial charge in [-0.05, 0) is 35.0 Å². The SMILES string of the molecule is O=C(CNC(=O)c1ccsc1)NNC(=O)c1ccccc1NS(=O)(=O)c1cccs1. The summed E-state index contributed by atoms with van der Waals surface area (Å²) in [4.78, 5) is 36.1. The lowest BCUT2D eigenvalue weighted by atomic mass is 10.2. The summed E-state index contributed by atoms with van der Waals surface area (Å²) in [5.41, 5.74) is 4.88. The highest BCUT2D eigenvalue weighted by Crippen LogP contribution is 2.22. The summed E-state index contributed by atoms with van der Waals surface area (Å²) >= 11 is 2.39. The molecule has 3 aromatic rings. The van der Waals surface area contributed by atoms with Crippen LogP contribution in [-0.2, 0) is 14.8 Å². The van der Waals surface area contributed by atoms with Crippen molar-refractivity contribution in [3.63, 3.8) is 0 Å². The van der Waals surface area contributed by atoms with E-state index in [2.05, 4.69) is 20.9 Å². The molecule has 30 heavy (non-hydrogen) atoms. The van der Waals surface area contributed by atoms with E-state index in [0.29, 0.717) is 5.56 Å². The Bertz CT molecular complexity index is 1140. The zero-order chi connectivity index (χ0) is 21.6. The number of sulfonamides is 1. The zero-order valence-corrected chi connectivity index (χ0v) is 17.7. The summed E-state index contributed by atoms with van der Waals surface area (Å²) in [7, 11) is -3.84. The standard InChI is InChI=1S/C18H16N4O5S3/c23-15(10-19-17(24)12-7-9-28-11-12)20-21-18(25)13-4-1-2-5-14(13)22-30(26,27)16-6-3-8-29-16/h1-9,11,22H,10H2,(H,19,24)(H,20,23)(H,21,25). The number of carbonyl (C=O) groups is 3. The number of hydrazine groups is 1. The fourth-order valence-corrected chi connectivity index (χ4v) is 4.98. The van der Waals surface area contributed by atoms with E-state index in [9.17, 15) is 22.8 Å². The van der Waals surface area contributed by atoms with Gasteiger partial charge in [-0.1, -0.05) is 18.2 Å². The van der Waals surface area contributed by atoms with Crippen molar-refractivity contribution in [3.05, 3.63) is 69.7 Å². The lowest BCUT2D eigenvalue weighted by Crippen LogP contribution is -2.46. The molecule has 0 aliphatic rings. The van der Waals surface area contributed by atoms with Gasteiger partial charge < -0.3 is 5.32 Å². The van der Waals surface area contributed by atoms with Gasteiger partial charge in [-0.2, -0.15) is 11.3 Å². The summed E-state index contributed by atoms with van der Waals surface area (Å²) in [6, 6.07) is 10.6. The topological polar surface area (TPSA) is 133 Å². The van der Waals surface area contributed by atoms with Gasteiger partial charge >= 0.3 is 0 Å². The Labute approximate surface area is 180 Å². The Morgan fingerprint density at radius 3 is 2.40 bits per heavy atom. The molecule has 4 N–H and O–H groups in total. The smallest absolute Gasteiger partial charge is 0.271 e. The van der Waals surface area contributed by atoms with E-state index in [1.807, 2.05) is 0 Å². The highest BCUT2D eigenvalue weighted by molar-refractivity contribution is 7.94. The number of hydrogen-bond donors (Lipinski definition) is 4. The minimum Gasteiger partial charge on any atom is -0.343 e. The number of anilines is 1. The van der Waals surface area contributed by atoms with Crippen molar-refractivity contribution in [1.82, 2.24) is 16.2 Å². The van der Waals surface area contributed by atoms with Crippen LogP contribution in [0.5, 0.6) is 0 Å². The Balaban J connectivity index is 1.58. The van der Waals surface area contributed by atoms with E-state index in [1.165, 1.54) is 29.5 Å². The van der Waals surface area contributed by atoms with Crippen LogP contribution < -0.4 is 20.9 Å². The average Bonchev–Trinajstić information content (AvgIpc) is 3.44. The molecule has 0 radical (unpaired) electrons. The number of thiophene rings is 2. The summed E-state index contributed by atoms with van der Waals surface area (Å²) in [6.45, 7) is -0.346. The molecule has 0 aliphatic heterocycles. The Morgan fingerprint density at radius 2 is 1.70 bits per heavy atom. The molecule has 3 rings (SSSR count). The van der Waals surface area contributed by atoms with Crippen molar-refractivity contribution < 1.29 is 22.8 Å². The van der Waals surface area contributed by atoms with E-state index in [1.54, 1.807) is 40.4 Å². The maximum absolute atomic E-state index is 12.4. The fraction of sp³-hybridized carbons (Fsp3) is 0.0556. The molecule has 0 spiro atoms. The Morgan fingerprint density at radius 1 is 0.900 bits per heavy atom. The molecule has 9 nitrogen and oxygen atoms in total. The van der Waals surface area contributed by atoms with E-state index in [4.69, 9.17) is 0 Å². The van der Waals surface area contributed by atoms with Crippen molar-refractivity contribution in [2.45, 2.75) is 4.21 Å². The second-order valence-electron chi connectivity index (χ2n) is 5.78. The lowest BCUT2D eigenvalue weighted by Gasteiger charge is -2.12. The third-order valence-corrected chi connectivity index (χ3v) is 7.13. The zero-order valence-electron chi connectivity index (χ0n) is 15.2. The minimum atomic E-state index is -3.84. The first-order valence-electron chi connectivity index (χ1n) is 8.42. The van der Waals surface area contributed by atoms with Gasteiger partial charge in [-0.3, -0.25) is 30.0 Å². The maximum atomic E-state index is 12.4. The van der Waals surface area contributed by atoms with E-state index >= 15 is 0 Å². The molecule has 0 atom stereocenters. The van der Waals surface area contributed by atoms with E-state index in [-0.39, 0.29) is 22.0 Å². The van der Waals surface area contributed by atoms with Gasteiger partial charge in [0.25, 0.3) is 27.7 Å². The van der Waals surface area contributed by atoms with Gasteiger partial charge in [-0.15, -0.1) is 11.3 Å². The fourth-order valence-electron chi connectivity index (χ4n) is 2.28. The van der Waals surface area contributed by atoms with Crippen LogP contribution in [0.3, 0.4) is 0 Å². The molecule has 0 unspecified atom stereocenters. The first-order valence-corrected chi connectivity index (χ1v) is 11.7. The quantitative estimate of drug-likeness (QED) is 0.396. The number of rotatable bonds is 7. The molecular formula is C18H16N4O5S3. The number of benzene rings is 1. The molecule has 0 fully saturated rings. The average molecular weight is 465 g/mol. The molecule has 2 aromatic heterocycles. The van der Waals surface area contributed by atoms with Gasteiger partial charge in [0.15, 0.2) is 0 Å². The summed E-state index contributed by atoms with van der Waals surface area (Å²) in [6.07, 6.45) is 0. The van der Waals surface area contributed by atoms with Crippen LogP contribution in [0.1, 0.15) is 20.7 Å². The van der Waals surface area contributed by atoms with Crippen LogP contribution in [0.15, 0.2) is 62.8 Å². The highest BCUT2D eigenvalue weighted by atomic mass is 32.2. The summed E-state index contributed by atoms with van der Waals surface area (Å²) in [5, 5.41) is 7.42. The van der Waals surface area contributed by atoms with Crippen LogP contribution in [-0.4, -0.2) is 32.7 Å². The first-order chi connectivity index (χ1) is 14.4. The highest BCUT2D eigenvalue weighted by Gasteiger charge is 2.19. The van der Waals surface area contributed by atoms with Crippen LogP contribution in [0, 0.1) is 0 Å². The second-order valence-corrected chi connectivity index (χ2v) is 9.42. The van der Waals surface area contributed by atoms with E-state index in [0.717, 1.165) is 11.3 Å². The maximum Gasteiger partial charge on any atom is 0.271 e. The van der Waals surface area contributed by atoms with Crippen LogP contribution in [0.2, 0.25) is 0 Å². The normalized spacial score (nSPS) is 10.8. The molecule has 1 aromatic carbocycles. The molecule has 0 bridgehead atoms. The number of hydrogen-bond acceptors (Lipinski definition) is 7. The molecule has 2 heterocycles. The van der Waals surface area contributed by atoms with Crippen LogP contribution in [0.4, 0.5) is 5.69 Å². The van der Waals surface area contributed by atoms with Crippen LogP contribution >= 0.6 is 22.7 Å². The molecular weight excluding hydrogens is 448 g/mol. The van der Waals surface area contributed by atoms with Crippen molar-refractivity contribution in [2.75, 3.05) is 11.3 Å². The number of amides is 3. The second kappa shape index (κ2) is 9.52. The molecule has 156 valence electrons. The van der Waals surface area contributed by atoms with Gasteiger partial charge in [0.1, 0.15) is 4.21 Å². The number of carbonyl (C=O) groups excluding carboxylic acids is 3. The number of nitrogens with one attached hydrogen (secondary N) is 4. The monoisotopic (exact) mass is 464 g/mol. The number of para-hydroxylation sites is 1. The largest absolute Gasteiger partial charge is 0.343 e. The first kappa shape index (κ1) is 21.5. The Hall–Kier alpha value is -3.22. The van der Waals surface area contributed by atoms with Gasteiger partial charge in [0, 0.05) is 10.9 Å². The summed E-state index contributed by atoms with van der Waals surface area (Å²) < 4.78 is 27.3. The van der Waals surface area contributed by atoms with Crippen molar-refractivity contribution >= 4 is 56.1 Å². The predicted molar refractivity (Wildman–Crippen MR) is 114 cm³/mol. The van der Waals surface area contributed by atoms with Crippen LogP contribution in [0.25, 0.3) is 0 Å². The summed E-state index contributed by atoms with van der Waals surface area (Å²) in [5.74, 6) is -1.79. The van der Waals surface area contributed by atoms with E-state index < -0.39 is 27.7 Å². The molecule has 3 amide bonds. The third kappa shape index (κ3) is 5.43. The molecule has 0 saturated carbocycles. The molecule has 0 saturated heterocycles. The van der Waals surface area contributed by atoms with Gasteiger partial charge in [-0.25, -0.2) is 8.42 Å². The Kier molecular flexibility index (Phi) is 6.82. The predicted octanol–water partition coefficient (Wildman–Crippen LogP) is 1.80. The third-order valence-electron chi connectivity index (χ3n) is 3.68. The van der Waals surface area contributed by atoms with Crippen molar-refractivity contribution in [3.8, 4) is 0 Å².